The smallest absolute Gasteiger partial charge is 0.267 e. The summed E-state index contributed by atoms with van der Waals surface area (Å²) < 4.78 is 11.5. The van der Waals surface area contributed by atoms with Gasteiger partial charge in [0.1, 0.15) is 23.9 Å². The van der Waals surface area contributed by atoms with Gasteiger partial charge in [0.05, 0.1) is 13.2 Å². The van der Waals surface area contributed by atoms with Crippen molar-refractivity contribution in [1.82, 2.24) is 9.97 Å². The van der Waals surface area contributed by atoms with E-state index in [2.05, 4.69) is 20.9 Å². The van der Waals surface area contributed by atoms with E-state index < -0.39 is 11.7 Å². The molecule has 8 heteroatoms. The maximum absolute atomic E-state index is 11.4. The van der Waals surface area contributed by atoms with Crippen LogP contribution in [0.15, 0.2) is 29.9 Å². The highest BCUT2D eigenvalue weighted by Crippen LogP contribution is 2.25. The van der Waals surface area contributed by atoms with Crippen LogP contribution in [-0.2, 0) is 16.0 Å². The highest BCUT2D eigenvalue weighted by molar-refractivity contribution is 7.09. The molecule has 0 saturated carbocycles. The Labute approximate surface area is 144 Å². The van der Waals surface area contributed by atoms with Gasteiger partial charge in [0.2, 0.25) is 0 Å². The van der Waals surface area contributed by atoms with Crippen LogP contribution in [0.4, 0.5) is 5.82 Å². The van der Waals surface area contributed by atoms with Crippen LogP contribution in [0.1, 0.15) is 29.2 Å². The Morgan fingerprint density at radius 3 is 2.96 bits per heavy atom. The second-order valence-electron chi connectivity index (χ2n) is 6.04. The first-order chi connectivity index (χ1) is 11.4. The summed E-state index contributed by atoms with van der Waals surface area (Å²) in [7, 11) is 0. The minimum atomic E-state index is -0.580. The minimum absolute atomic E-state index is 0.0769. The number of thiophene rings is 1. The van der Waals surface area contributed by atoms with Crippen LogP contribution >= 0.6 is 11.3 Å². The first kappa shape index (κ1) is 16.8. The van der Waals surface area contributed by atoms with Gasteiger partial charge in [0.25, 0.3) is 5.91 Å². The van der Waals surface area contributed by atoms with Gasteiger partial charge in [0.15, 0.2) is 5.79 Å². The van der Waals surface area contributed by atoms with Crippen molar-refractivity contribution < 1.29 is 14.3 Å². The second kappa shape index (κ2) is 6.84. The largest absolute Gasteiger partial charge is 0.364 e. The van der Waals surface area contributed by atoms with Gasteiger partial charge in [-0.1, -0.05) is 6.07 Å². The van der Waals surface area contributed by atoms with Crippen molar-refractivity contribution in [2.45, 2.75) is 32.3 Å². The highest BCUT2D eigenvalue weighted by atomic mass is 32.1. The average molecular weight is 348 g/mol. The number of carbonyl (C=O) groups excluding carboxylic acids is 1. The van der Waals surface area contributed by atoms with Gasteiger partial charge < -0.3 is 20.1 Å². The Hall–Kier alpha value is -2.03. The lowest BCUT2D eigenvalue weighted by molar-refractivity contribution is -0.137. The van der Waals surface area contributed by atoms with Crippen molar-refractivity contribution in [2.75, 3.05) is 18.1 Å². The quantitative estimate of drug-likeness (QED) is 0.856. The Bertz CT molecular complexity index is 705. The topological polar surface area (TPSA) is 90.6 Å². The highest BCUT2D eigenvalue weighted by Gasteiger charge is 2.34. The monoisotopic (exact) mass is 348 g/mol. The molecule has 0 spiro atoms. The predicted octanol–water partition coefficient (Wildman–Crippen LogP) is 1.80. The van der Waals surface area contributed by atoms with Gasteiger partial charge in [-0.3, -0.25) is 4.79 Å². The molecule has 7 nitrogen and oxygen atoms in total. The molecule has 1 saturated heterocycles. The molecule has 0 aromatic carbocycles. The number of amides is 1. The predicted molar refractivity (Wildman–Crippen MR) is 90.8 cm³/mol. The molecule has 1 atom stereocenters. The molecule has 0 aliphatic carbocycles. The molecule has 2 aromatic heterocycles. The lowest BCUT2D eigenvalue weighted by Crippen LogP contribution is -2.35. The van der Waals surface area contributed by atoms with Crippen LogP contribution in [0.25, 0.3) is 0 Å². The van der Waals surface area contributed by atoms with E-state index in [9.17, 15) is 4.79 Å². The number of ether oxygens (including phenoxy) is 2. The second-order valence-corrected chi connectivity index (χ2v) is 7.07. The van der Waals surface area contributed by atoms with Crippen LogP contribution in [0, 0.1) is 0 Å². The maximum atomic E-state index is 11.4. The van der Waals surface area contributed by atoms with Crippen molar-refractivity contribution >= 4 is 23.1 Å². The molecule has 1 aliphatic heterocycles. The first-order valence-corrected chi connectivity index (χ1v) is 8.52. The molecular weight excluding hydrogens is 328 g/mol. The molecule has 0 unspecified atom stereocenters. The summed E-state index contributed by atoms with van der Waals surface area (Å²) in [6.45, 7) is 5.56. The van der Waals surface area contributed by atoms with Crippen LogP contribution < -0.4 is 10.6 Å². The van der Waals surface area contributed by atoms with E-state index in [1.54, 1.807) is 17.4 Å². The normalized spacial score (nSPS) is 19.3. The van der Waals surface area contributed by atoms with E-state index in [-0.39, 0.29) is 11.8 Å². The van der Waals surface area contributed by atoms with Crippen molar-refractivity contribution in [3.05, 3.63) is 40.5 Å². The summed E-state index contributed by atoms with van der Waals surface area (Å²) >= 11 is 1.67. The molecule has 1 aliphatic rings. The molecular formula is C16H20N4O3S. The minimum Gasteiger partial charge on any atom is -0.364 e. The first-order valence-electron chi connectivity index (χ1n) is 7.64. The molecule has 24 heavy (non-hydrogen) atoms. The zero-order chi connectivity index (χ0) is 17.2. The Balaban J connectivity index is 1.82. The fourth-order valence-electron chi connectivity index (χ4n) is 2.58. The molecule has 3 heterocycles. The summed E-state index contributed by atoms with van der Waals surface area (Å²) in [6.07, 6.45) is 1.28. The number of hydrogen-bond acceptors (Lipinski definition) is 7. The van der Waals surface area contributed by atoms with Crippen molar-refractivity contribution in [1.29, 1.82) is 0 Å². The van der Waals surface area contributed by atoms with E-state index in [0.717, 1.165) is 0 Å². The molecule has 0 bridgehead atoms. The number of aromatic nitrogens is 2. The fourth-order valence-corrected chi connectivity index (χ4v) is 3.30. The van der Waals surface area contributed by atoms with Gasteiger partial charge in [-0.2, -0.15) is 0 Å². The summed E-state index contributed by atoms with van der Waals surface area (Å²) in [5.41, 5.74) is 5.52. The molecule has 3 rings (SSSR count). The zero-order valence-corrected chi connectivity index (χ0v) is 14.5. The Morgan fingerprint density at radius 1 is 1.50 bits per heavy atom. The summed E-state index contributed by atoms with van der Waals surface area (Å²) in [4.78, 5) is 22.8. The van der Waals surface area contributed by atoms with Crippen LogP contribution in [0.2, 0.25) is 0 Å². The van der Waals surface area contributed by atoms with Gasteiger partial charge >= 0.3 is 0 Å². The number of nitrogens with two attached hydrogens (primary N) is 1. The number of hydrogen-bond donors (Lipinski definition) is 1. The van der Waals surface area contributed by atoms with Gasteiger partial charge in [-0.05, 0) is 25.3 Å². The fraction of sp³-hybridized carbons (Fsp3) is 0.438. The Kier molecular flexibility index (Phi) is 4.79. The average Bonchev–Trinajstić information content (AvgIpc) is 3.16. The molecule has 2 N–H and O–H groups in total. The van der Waals surface area contributed by atoms with E-state index >= 15 is 0 Å². The number of carbonyl (C=O) groups is 1. The van der Waals surface area contributed by atoms with E-state index in [0.29, 0.717) is 25.5 Å². The number of nitrogens with zero attached hydrogens (tertiary/aromatic N) is 3. The summed E-state index contributed by atoms with van der Waals surface area (Å²) in [5.74, 6) is -0.514. The molecule has 128 valence electrons. The Morgan fingerprint density at radius 2 is 2.33 bits per heavy atom. The standard InChI is InChI=1S/C16H20N4O3S/c1-16(2)22-9-11(23-16)7-20(8-12-4-3-5-24-12)14-6-13(15(17)21)18-10-19-14/h3-6,10-11H,7-9H2,1-2H3,(H2,17,21)/t11-/m0/s1. The van der Waals surface area contributed by atoms with Gasteiger partial charge in [-0.15, -0.1) is 11.3 Å². The number of rotatable bonds is 6. The van der Waals surface area contributed by atoms with Crippen molar-refractivity contribution in [3.8, 4) is 0 Å². The van der Waals surface area contributed by atoms with Crippen molar-refractivity contribution in [2.24, 2.45) is 5.73 Å². The summed E-state index contributed by atoms with van der Waals surface area (Å²) in [6, 6.07) is 5.67. The third-order valence-corrected chi connectivity index (χ3v) is 4.51. The molecule has 0 radical (unpaired) electrons. The molecule has 1 amide bonds. The number of primary amides is 1. The van der Waals surface area contributed by atoms with Crippen LogP contribution in [0.5, 0.6) is 0 Å². The molecule has 1 fully saturated rings. The van der Waals surface area contributed by atoms with E-state index in [4.69, 9.17) is 15.2 Å². The van der Waals surface area contributed by atoms with Crippen molar-refractivity contribution in [3.63, 3.8) is 0 Å². The van der Waals surface area contributed by atoms with Crippen LogP contribution in [-0.4, -0.2) is 40.9 Å². The summed E-state index contributed by atoms with van der Waals surface area (Å²) in [5, 5.41) is 2.03. The molecule has 2 aromatic rings. The third kappa shape index (κ3) is 4.08. The van der Waals surface area contributed by atoms with Gasteiger partial charge in [-0.25, -0.2) is 9.97 Å². The zero-order valence-electron chi connectivity index (χ0n) is 13.6. The lowest BCUT2D eigenvalue weighted by Gasteiger charge is -2.26. The number of anilines is 1. The van der Waals surface area contributed by atoms with E-state index in [1.807, 2.05) is 25.3 Å². The lowest BCUT2D eigenvalue weighted by atomic mass is 10.3. The van der Waals surface area contributed by atoms with Gasteiger partial charge in [0, 0.05) is 17.5 Å². The SMILES string of the molecule is CC1(C)OC[C@H](CN(Cc2cccs2)c2cc(C(N)=O)ncn2)O1. The maximum Gasteiger partial charge on any atom is 0.267 e. The van der Waals surface area contributed by atoms with E-state index in [1.165, 1.54) is 11.2 Å². The third-order valence-electron chi connectivity index (χ3n) is 3.65. The van der Waals surface area contributed by atoms with Crippen LogP contribution in [0.3, 0.4) is 0 Å².